The molecule has 0 radical (unpaired) electrons. The first-order chi connectivity index (χ1) is 13.5. The van der Waals surface area contributed by atoms with Crippen LogP contribution in [0.2, 0.25) is 0 Å². The van der Waals surface area contributed by atoms with Crippen LogP contribution >= 0.6 is 0 Å². The van der Waals surface area contributed by atoms with E-state index in [0.717, 1.165) is 0 Å². The van der Waals surface area contributed by atoms with E-state index in [1.165, 1.54) is 23.3 Å². The van der Waals surface area contributed by atoms with Crippen LogP contribution in [0.15, 0.2) is 47.1 Å². The summed E-state index contributed by atoms with van der Waals surface area (Å²) in [5.41, 5.74) is 4.66. The topological polar surface area (TPSA) is 127 Å². The molecule has 146 valence electrons. The minimum atomic E-state index is -0.780. The standard InChI is InChI=1S/C18H17N3O7/c22-15(19-20-18(25)14-6-3-8-26-14)11-28-17(24)10-21-12-4-1-2-5-13(12)27-9-7-16(21)23/h1-6,8H,7,9-11H2,(H,19,22)(H,20,25). The Labute approximate surface area is 159 Å². The molecule has 0 aliphatic carbocycles. The Morgan fingerprint density at radius 2 is 1.93 bits per heavy atom. The van der Waals surface area contributed by atoms with Crippen molar-refractivity contribution in [2.24, 2.45) is 0 Å². The highest BCUT2D eigenvalue weighted by Gasteiger charge is 2.25. The van der Waals surface area contributed by atoms with Crippen molar-refractivity contribution in [3.8, 4) is 5.75 Å². The highest BCUT2D eigenvalue weighted by molar-refractivity contribution is 5.99. The van der Waals surface area contributed by atoms with E-state index in [4.69, 9.17) is 13.9 Å². The van der Waals surface area contributed by atoms with Crippen molar-refractivity contribution in [3.63, 3.8) is 0 Å². The van der Waals surface area contributed by atoms with Crippen LogP contribution in [-0.4, -0.2) is 43.4 Å². The monoisotopic (exact) mass is 387 g/mol. The zero-order valence-corrected chi connectivity index (χ0v) is 14.7. The molecule has 0 bridgehead atoms. The van der Waals surface area contributed by atoms with Crippen molar-refractivity contribution < 1.29 is 33.1 Å². The highest BCUT2D eigenvalue weighted by Crippen LogP contribution is 2.30. The second-order valence-corrected chi connectivity index (χ2v) is 5.69. The first-order valence-electron chi connectivity index (χ1n) is 8.35. The summed E-state index contributed by atoms with van der Waals surface area (Å²) in [4.78, 5) is 48.9. The molecule has 3 rings (SSSR count). The molecule has 0 fully saturated rings. The van der Waals surface area contributed by atoms with Crippen LogP contribution in [-0.2, 0) is 19.1 Å². The number of nitrogens with one attached hydrogen (secondary N) is 2. The van der Waals surface area contributed by atoms with Crippen molar-refractivity contribution in [2.45, 2.75) is 6.42 Å². The predicted octanol–water partition coefficient (Wildman–Crippen LogP) is 0.399. The number of esters is 1. The summed E-state index contributed by atoms with van der Waals surface area (Å²) < 4.78 is 15.2. The molecule has 10 nitrogen and oxygen atoms in total. The molecule has 0 spiro atoms. The van der Waals surface area contributed by atoms with Gasteiger partial charge in [-0.1, -0.05) is 12.1 Å². The molecule has 1 aromatic carbocycles. The molecule has 0 unspecified atom stereocenters. The van der Waals surface area contributed by atoms with Crippen LogP contribution in [0, 0.1) is 0 Å². The maximum absolute atomic E-state index is 12.2. The van der Waals surface area contributed by atoms with Crippen LogP contribution in [0.1, 0.15) is 17.0 Å². The number of carbonyl (C=O) groups is 4. The fraction of sp³-hybridized carbons (Fsp3) is 0.222. The molecule has 0 saturated heterocycles. The fourth-order valence-corrected chi connectivity index (χ4v) is 2.45. The number of para-hydroxylation sites is 2. The average molecular weight is 387 g/mol. The Kier molecular flexibility index (Phi) is 5.90. The SMILES string of the molecule is O=C(COC(=O)CN1C(=O)CCOc2ccccc21)NNC(=O)c1ccco1. The van der Waals surface area contributed by atoms with Gasteiger partial charge in [-0.25, -0.2) is 0 Å². The van der Waals surface area contributed by atoms with E-state index in [9.17, 15) is 19.2 Å². The molecule has 10 heteroatoms. The van der Waals surface area contributed by atoms with E-state index in [2.05, 4.69) is 10.9 Å². The van der Waals surface area contributed by atoms with E-state index in [0.29, 0.717) is 11.4 Å². The van der Waals surface area contributed by atoms with Crippen molar-refractivity contribution in [3.05, 3.63) is 48.4 Å². The van der Waals surface area contributed by atoms with Gasteiger partial charge >= 0.3 is 11.9 Å². The minimum Gasteiger partial charge on any atom is -0.491 e. The van der Waals surface area contributed by atoms with Gasteiger partial charge < -0.3 is 13.9 Å². The molecule has 2 N–H and O–H groups in total. The molecule has 3 amide bonds. The fourth-order valence-electron chi connectivity index (χ4n) is 2.45. The predicted molar refractivity (Wildman–Crippen MR) is 94.2 cm³/mol. The number of carbonyl (C=O) groups excluding carboxylic acids is 4. The first kappa shape index (κ1) is 19.0. The quantitative estimate of drug-likeness (QED) is 0.561. The molecular weight excluding hydrogens is 370 g/mol. The number of hydrogen-bond donors (Lipinski definition) is 2. The third-order valence-corrected chi connectivity index (χ3v) is 3.74. The lowest BCUT2D eigenvalue weighted by Gasteiger charge is -2.20. The lowest BCUT2D eigenvalue weighted by atomic mass is 10.2. The molecule has 0 atom stereocenters. The summed E-state index contributed by atoms with van der Waals surface area (Å²) in [5.74, 6) is -1.98. The number of anilines is 1. The number of nitrogens with zero attached hydrogens (tertiary/aromatic N) is 1. The number of hydrazine groups is 1. The van der Waals surface area contributed by atoms with Gasteiger partial charge in [0, 0.05) is 0 Å². The number of rotatable bonds is 5. The van der Waals surface area contributed by atoms with Gasteiger partial charge in [0.1, 0.15) is 12.3 Å². The smallest absolute Gasteiger partial charge is 0.326 e. The highest BCUT2D eigenvalue weighted by atomic mass is 16.5. The Morgan fingerprint density at radius 3 is 2.71 bits per heavy atom. The van der Waals surface area contributed by atoms with Crippen molar-refractivity contribution >= 4 is 29.4 Å². The van der Waals surface area contributed by atoms with E-state index in [-0.39, 0.29) is 31.2 Å². The van der Waals surface area contributed by atoms with Crippen molar-refractivity contribution in [1.82, 2.24) is 10.9 Å². The molecule has 28 heavy (non-hydrogen) atoms. The number of furan rings is 1. The van der Waals surface area contributed by atoms with Crippen LogP contribution in [0.25, 0.3) is 0 Å². The Balaban J connectivity index is 1.49. The zero-order chi connectivity index (χ0) is 19.9. The minimum absolute atomic E-state index is 0.0119. The molecule has 1 aliphatic rings. The number of hydrogen-bond acceptors (Lipinski definition) is 7. The van der Waals surface area contributed by atoms with Gasteiger partial charge in [-0.05, 0) is 24.3 Å². The van der Waals surface area contributed by atoms with Crippen molar-refractivity contribution in [2.75, 3.05) is 24.7 Å². The maximum Gasteiger partial charge on any atom is 0.326 e. The van der Waals surface area contributed by atoms with Gasteiger partial charge in [-0.15, -0.1) is 0 Å². The summed E-state index contributed by atoms with van der Waals surface area (Å²) in [6, 6.07) is 9.76. The molecule has 1 aliphatic heterocycles. The second kappa shape index (κ2) is 8.71. The van der Waals surface area contributed by atoms with E-state index in [1.54, 1.807) is 24.3 Å². The van der Waals surface area contributed by atoms with Gasteiger partial charge in [0.05, 0.1) is 25.0 Å². The largest absolute Gasteiger partial charge is 0.491 e. The van der Waals surface area contributed by atoms with Gasteiger partial charge in [-0.2, -0.15) is 0 Å². The lowest BCUT2D eigenvalue weighted by Crippen LogP contribution is -2.44. The normalized spacial score (nSPS) is 13.0. The van der Waals surface area contributed by atoms with Gasteiger partial charge in [-0.3, -0.25) is 34.9 Å². The third kappa shape index (κ3) is 4.67. The zero-order valence-electron chi connectivity index (χ0n) is 14.7. The van der Waals surface area contributed by atoms with Crippen LogP contribution < -0.4 is 20.5 Å². The van der Waals surface area contributed by atoms with E-state index < -0.39 is 24.4 Å². The summed E-state index contributed by atoms with van der Waals surface area (Å²) in [6.07, 6.45) is 1.42. The molecule has 2 heterocycles. The van der Waals surface area contributed by atoms with Crippen LogP contribution in [0.5, 0.6) is 5.75 Å². The Morgan fingerprint density at radius 1 is 1.11 bits per heavy atom. The molecule has 0 saturated carbocycles. The average Bonchev–Trinajstić information content (AvgIpc) is 3.19. The van der Waals surface area contributed by atoms with Crippen LogP contribution in [0.3, 0.4) is 0 Å². The summed E-state index contributed by atoms with van der Waals surface area (Å²) in [5, 5.41) is 0. The summed E-state index contributed by atoms with van der Waals surface area (Å²) in [6.45, 7) is -0.790. The number of fused-ring (bicyclic) bond motifs is 1. The van der Waals surface area contributed by atoms with E-state index >= 15 is 0 Å². The Bertz CT molecular complexity index is 879. The lowest BCUT2D eigenvalue weighted by molar-refractivity contribution is -0.147. The first-order valence-corrected chi connectivity index (χ1v) is 8.35. The third-order valence-electron chi connectivity index (χ3n) is 3.74. The molecular formula is C18H17N3O7. The van der Waals surface area contributed by atoms with Gasteiger partial charge in [0.25, 0.3) is 5.91 Å². The van der Waals surface area contributed by atoms with Crippen LogP contribution in [0.4, 0.5) is 5.69 Å². The second-order valence-electron chi connectivity index (χ2n) is 5.69. The summed E-state index contributed by atoms with van der Waals surface area (Å²) >= 11 is 0. The number of benzene rings is 1. The number of amides is 3. The molecule has 2 aromatic rings. The van der Waals surface area contributed by atoms with Gasteiger partial charge in [0.2, 0.25) is 5.91 Å². The molecule has 1 aromatic heterocycles. The Hall–Kier alpha value is -3.82. The summed E-state index contributed by atoms with van der Waals surface area (Å²) in [7, 11) is 0. The van der Waals surface area contributed by atoms with Gasteiger partial charge in [0.15, 0.2) is 12.4 Å². The number of ether oxygens (including phenoxy) is 2. The van der Waals surface area contributed by atoms with Crippen molar-refractivity contribution in [1.29, 1.82) is 0 Å². The maximum atomic E-state index is 12.2. The van der Waals surface area contributed by atoms with E-state index in [1.807, 2.05) is 0 Å².